The van der Waals surface area contributed by atoms with E-state index in [4.69, 9.17) is 6.15 Å². The zero-order valence-electron chi connectivity index (χ0n) is 19.6. The van der Waals surface area contributed by atoms with E-state index in [-0.39, 0.29) is 11.9 Å². The third-order valence-corrected chi connectivity index (χ3v) is 20.6. The topological polar surface area (TPSA) is 52.6 Å². The summed E-state index contributed by atoms with van der Waals surface area (Å²) in [5, 5.41) is 0. The fourth-order valence-electron chi connectivity index (χ4n) is 3.52. The molecule has 0 aromatic heterocycles. The molecule has 0 unspecified atom stereocenters. The first-order valence-electron chi connectivity index (χ1n) is 12.1. The quantitative estimate of drug-likeness (QED) is 0.192. The molecule has 0 fully saturated rings. The van der Waals surface area contributed by atoms with Crippen LogP contribution in [-0.2, 0) is 6.15 Å². The number of carbonyl (C=O) groups excluding carboxylic acids is 2. The van der Waals surface area contributed by atoms with E-state index < -0.39 is 40.3 Å². The molecule has 1 aromatic rings. The number of hydrogen-bond acceptors (Lipinski definition) is 4. The molecule has 0 aliphatic heterocycles. The Bertz CT molecular complexity index is 552. The van der Waals surface area contributed by atoms with Crippen molar-refractivity contribution >= 4 is 52.3 Å². The summed E-state index contributed by atoms with van der Waals surface area (Å²) in [6.45, 7) is 8.70. The van der Waals surface area contributed by atoms with E-state index in [1.165, 1.54) is 0 Å². The Morgan fingerprint density at radius 2 is 0.933 bits per heavy atom. The average Bonchev–Trinajstić information content (AvgIpc) is 2.77. The molecular weight excluding hydrogens is 590 g/mol. The molecule has 0 saturated heterocycles. The zero-order chi connectivity index (χ0) is 22.2. The van der Waals surface area contributed by atoms with Gasteiger partial charge < -0.3 is 0 Å². The number of hydrogen-bond donors (Lipinski definition) is 0. The van der Waals surface area contributed by atoms with Gasteiger partial charge in [-0.2, -0.15) is 0 Å². The molecule has 0 saturated carbocycles. The maximum atomic E-state index is 13.0. The van der Waals surface area contributed by atoms with Gasteiger partial charge in [0.05, 0.1) is 0 Å². The average molecular weight is 632 g/mol. The van der Waals surface area contributed by atoms with E-state index in [2.05, 4.69) is 27.7 Å². The molecule has 0 radical (unpaired) electrons. The van der Waals surface area contributed by atoms with Gasteiger partial charge in [-0.05, 0) is 0 Å². The van der Waals surface area contributed by atoms with E-state index in [1.54, 1.807) is 12.1 Å². The van der Waals surface area contributed by atoms with Crippen molar-refractivity contribution in [1.82, 2.24) is 0 Å². The molecule has 0 amide bonds. The van der Waals surface area contributed by atoms with E-state index in [9.17, 15) is 9.59 Å². The van der Waals surface area contributed by atoms with Crippen molar-refractivity contribution < 1.29 is 15.7 Å². The van der Waals surface area contributed by atoms with E-state index in [0.29, 0.717) is 11.1 Å². The molecule has 0 aliphatic carbocycles. The van der Waals surface area contributed by atoms with Crippen molar-refractivity contribution in [2.24, 2.45) is 0 Å². The van der Waals surface area contributed by atoms with Crippen LogP contribution in [0.4, 0.5) is 0 Å². The van der Waals surface area contributed by atoms with Gasteiger partial charge in [-0.25, -0.2) is 0 Å². The van der Waals surface area contributed by atoms with Gasteiger partial charge in [0.1, 0.15) is 0 Å². The first-order valence-corrected chi connectivity index (χ1v) is 24.1. The molecular formula is C24H42O4Sn2. The Labute approximate surface area is 199 Å². The molecule has 30 heavy (non-hydrogen) atoms. The van der Waals surface area contributed by atoms with Crippen LogP contribution in [0.3, 0.4) is 0 Å². The Balaban J connectivity index is 2.89. The molecule has 1 rings (SSSR count). The first-order chi connectivity index (χ1) is 14.6. The first kappa shape index (κ1) is 27.8. The van der Waals surface area contributed by atoms with Crippen LogP contribution in [0.15, 0.2) is 24.3 Å². The number of rotatable bonds is 16. The normalized spacial score (nSPS) is 11.1. The molecule has 0 bridgehead atoms. The monoisotopic (exact) mass is 634 g/mol. The van der Waals surface area contributed by atoms with Gasteiger partial charge in [-0.3, -0.25) is 0 Å². The Hall–Kier alpha value is -0.243. The molecule has 0 atom stereocenters. The van der Waals surface area contributed by atoms with Crippen LogP contribution < -0.4 is 0 Å². The van der Waals surface area contributed by atoms with Gasteiger partial charge >= 0.3 is 200 Å². The van der Waals surface area contributed by atoms with Crippen LogP contribution in [0, 0.1) is 0 Å². The fourth-order valence-corrected chi connectivity index (χ4v) is 18.8. The number of carbonyl (C=O) groups is 2. The van der Waals surface area contributed by atoms with Crippen LogP contribution >= 0.6 is 0 Å². The van der Waals surface area contributed by atoms with Crippen molar-refractivity contribution in [2.45, 2.75) is 96.8 Å². The molecule has 0 heterocycles. The third kappa shape index (κ3) is 10.9. The molecule has 0 aliphatic rings. The minimum absolute atomic E-state index is 0.301. The van der Waals surface area contributed by atoms with Crippen molar-refractivity contribution in [2.75, 3.05) is 0 Å². The summed E-state index contributed by atoms with van der Waals surface area (Å²) in [6.07, 6.45) is 9.04. The molecule has 0 spiro atoms. The Morgan fingerprint density at radius 1 is 0.633 bits per heavy atom. The summed E-state index contributed by atoms with van der Waals surface area (Å²) in [5.41, 5.74) is 0.793. The number of unbranched alkanes of at least 4 members (excludes halogenated alkanes) is 4. The second-order valence-electron chi connectivity index (χ2n) is 8.17. The Kier molecular flexibility index (Phi) is 16.1. The fraction of sp³-hybridized carbons (Fsp3) is 0.667. The van der Waals surface area contributed by atoms with E-state index in [1.807, 2.05) is 12.1 Å². The molecule has 4 nitrogen and oxygen atoms in total. The van der Waals surface area contributed by atoms with Gasteiger partial charge in [0.2, 0.25) is 0 Å². The van der Waals surface area contributed by atoms with Gasteiger partial charge in [-0.15, -0.1) is 0 Å². The summed E-state index contributed by atoms with van der Waals surface area (Å²) in [5.74, 6) is -0.603. The summed E-state index contributed by atoms with van der Waals surface area (Å²) in [6, 6.07) is 7.07. The van der Waals surface area contributed by atoms with Crippen LogP contribution in [0.2, 0.25) is 17.7 Å². The van der Waals surface area contributed by atoms with Crippen molar-refractivity contribution in [3.05, 3.63) is 35.4 Å². The SMILES string of the molecule is CCC[CH2][SnH]([CH2]CCC)[O]C(=O)c1ccccc1C(=O)[O][SnH]([CH2]CCC)[CH2]CCC. The molecule has 170 valence electrons. The van der Waals surface area contributed by atoms with Gasteiger partial charge in [0.15, 0.2) is 0 Å². The van der Waals surface area contributed by atoms with Crippen molar-refractivity contribution in [3.8, 4) is 0 Å². The molecule has 1 aromatic carbocycles. The second-order valence-corrected chi connectivity index (χ2v) is 23.2. The maximum absolute atomic E-state index is 13.0. The number of benzene rings is 1. The zero-order valence-corrected chi connectivity index (χ0v) is 26.2. The van der Waals surface area contributed by atoms with Gasteiger partial charge in [0.25, 0.3) is 0 Å². The van der Waals surface area contributed by atoms with Crippen LogP contribution in [0.25, 0.3) is 0 Å². The van der Waals surface area contributed by atoms with Crippen LogP contribution in [-0.4, -0.2) is 52.3 Å². The van der Waals surface area contributed by atoms with Gasteiger partial charge in [0, 0.05) is 0 Å². The summed E-state index contributed by atoms with van der Waals surface area (Å²) < 4.78 is 16.4. The van der Waals surface area contributed by atoms with E-state index in [0.717, 1.165) is 69.1 Å². The third-order valence-electron chi connectivity index (χ3n) is 5.43. The standard InChI is InChI=1S/C8H6O4.4C4H9.2Sn.2H/c9-7(10)5-3-1-2-4-6(5)8(11)12;4*1-3-4-2;;;;/h1-4H,(H,9,10)(H,11,12);4*1,3-4H2,2H3;;;;/q;;;;;2*+1;;/p-2. The Morgan fingerprint density at radius 3 is 1.20 bits per heavy atom. The molecule has 6 heteroatoms. The minimum atomic E-state index is -2.37. The van der Waals surface area contributed by atoms with Crippen molar-refractivity contribution in [1.29, 1.82) is 0 Å². The second kappa shape index (κ2) is 17.3. The van der Waals surface area contributed by atoms with Crippen molar-refractivity contribution in [3.63, 3.8) is 0 Å². The van der Waals surface area contributed by atoms with E-state index >= 15 is 0 Å². The predicted octanol–water partition coefficient (Wildman–Crippen LogP) is 6.65. The van der Waals surface area contributed by atoms with Crippen LogP contribution in [0.5, 0.6) is 0 Å². The summed E-state index contributed by atoms with van der Waals surface area (Å²) in [7, 11) is 0. The summed E-state index contributed by atoms with van der Waals surface area (Å²) >= 11 is -4.75. The van der Waals surface area contributed by atoms with Crippen LogP contribution in [0.1, 0.15) is 99.8 Å². The predicted molar refractivity (Wildman–Crippen MR) is 130 cm³/mol. The summed E-state index contributed by atoms with van der Waals surface area (Å²) in [4.78, 5) is 26.0. The molecule has 0 N–H and O–H groups in total. The van der Waals surface area contributed by atoms with Gasteiger partial charge in [-0.1, -0.05) is 0 Å².